The molecule has 5 nitrogen and oxygen atoms in total. The highest BCUT2D eigenvalue weighted by Gasteiger charge is 2.33. The van der Waals surface area contributed by atoms with Crippen molar-refractivity contribution in [2.24, 2.45) is 0 Å². The number of carbonyl (C=O) groups is 1. The molecular weight excluding hydrogens is 263 g/mol. The van der Waals surface area contributed by atoms with Crippen LogP contribution in [0.2, 0.25) is 0 Å². The largest absolute Gasteiger partial charge is 0.406 e. The summed E-state index contributed by atoms with van der Waals surface area (Å²) in [5.41, 5.74) is 0.593. The second-order valence-corrected chi connectivity index (χ2v) is 3.73. The standard InChI is InChI=1S/C11H12F3N3O2/c1-3-4-5-17(7-11(12,13)14)10(18)15-9-6-19-16-8(9)2/h1,6H,4-5,7H2,2H3,(H,15,18). The van der Waals surface area contributed by atoms with Gasteiger partial charge in [-0.1, -0.05) is 5.16 Å². The average Bonchev–Trinajstić information content (AvgIpc) is 2.69. The Hall–Kier alpha value is -2.17. The number of aryl methyl sites for hydroxylation is 1. The molecule has 0 saturated heterocycles. The first kappa shape index (κ1) is 14.9. The first-order chi connectivity index (χ1) is 8.83. The molecule has 0 aliphatic heterocycles. The molecule has 0 aliphatic carbocycles. The summed E-state index contributed by atoms with van der Waals surface area (Å²) in [4.78, 5) is 12.3. The van der Waals surface area contributed by atoms with Gasteiger partial charge >= 0.3 is 12.2 Å². The van der Waals surface area contributed by atoms with Gasteiger partial charge in [-0.25, -0.2) is 4.79 Å². The molecule has 0 bridgehead atoms. The van der Waals surface area contributed by atoms with Gasteiger partial charge in [0.25, 0.3) is 0 Å². The SMILES string of the molecule is C#CCCN(CC(F)(F)F)C(=O)Nc1conc1C. The summed E-state index contributed by atoms with van der Waals surface area (Å²) < 4.78 is 41.6. The van der Waals surface area contributed by atoms with Crippen molar-refractivity contribution in [3.8, 4) is 12.3 Å². The van der Waals surface area contributed by atoms with Gasteiger partial charge in [-0.15, -0.1) is 12.3 Å². The predicted molar refractivity (Wildman–Crippen MR) is 61.3 cm³/mol. The predicted octanol–water partition coefficient (Wildman–Crippen LogP) is 2.40. The molecule has 1 aromatic heterocycles. The number of urea groups is 1. The minimum absolute atomic E-state index is 0.0338. The molecule has 0 aromatic carbocycles. The van der Waals surface area contributed by atoms with Gasteiger partial charge in [0.1, 0.15) is 24.2 Å². The van der Waals surface area contributed by atoms with Gasteiger partial charge in [-0.3, -0.25) is 0 Å². The molecule has 1 heterocycles. The first-order valence-electron chi connectivity index (χ1n) is 5.30. The van der Waals surface area contributed by atoms with Gasteiger partial charge in [0.2, 0.25) is 0 Å². The summed E-state index contributed by atoms with van der Waals surface area (Å²) in [7, 11) is 0. The van der Waals surface area contributed by atoms with E-state index in [-0.39, 0.29) is 18.7 Å². The van der Waals surface area contributed by atoms with Crippen LogP contribution in [0.1, 0.15) is 12.1 Å². The van der Waals surface area contributed by atoms with Crippen LogP contribution in [0.25, 0.3) is 0 Å². The molecule has 0 unspecified atom stereocenters. The Labute approximate surface area is 107 Å². The highest BCUT2D eigenvalue weighted by molar-refractivity contribution is 5.89. The quantitative estimate of drug-likeness (QED) is 0.858. The van der Waals surface area contributed by atoms with Crippen LogP contribution in [0.3, 0.4) is 0 Å². The number of amides is 2. The molecule has 19 heavy (non-hydrogen) atoms. The second-order valence-electron chi connectivity index (χ2n) is 3.73. The summed E-state index contributed by atoms with van der Waals surface area (Å²) in [6.45, 7) is -0.00827. The van der Waals surface area contributed by atoms with Crippen LogP contribution in [0.5, 0.6) is 0 Å². The third-order valence-corrected chi connectivity index (χ3v) is 2.17. The van der Waals surface area contributed by atoms with Crippen molar-refractivity contribution in [3.05, 3.63) is 12.0 Å². The molecule has 0 radical (unpaired) electrons. The van der Waals surface area contributed by atoms with Crippen LogP contribution in [-0.4, -0.2) is 35.4 Å². The monoisotopic (exact) mass is 275 g/mol. The summed E-state index contributed by atoms with van der Waals surface area (Å²) in [5.74, 6) is 2.19. The van der Waals surface area contributed by atoms with Crippen molar-refractivity contribution in [1.82, 2.24) is 10.1 Å². The number of halogens is 3. The second kappa shape index (κ2) is 6.13. The minimum Gasteiger partial charge on any atom is -0.362 e. The zero-order valence-electron chi connectivity index (χ0n) is 10.1. The van der Waals surface area contributed by atoms with Gasteiger partial charge in [0.15, 0.2) is 0 Å². The lowest BCUT2D eigenvalue weighted by atomic mass is 10.3. The molecule has 1 N–H and O–H groups in total. The number of alkyl halides is 3. The smallest absolute Gasteiger partial charge is 0.362 e. The van der Waals surface area contributed by atoms with Gasteiger partial charge in [0.05, 0.1) is 0 Å². The lowest BCUT2D eigenvalue weighted by molar-refractivity contribution is -0.139. The van der Waals surface area contributed by atoms with E-state index in [2.05, 4.69) is 20.9 Å². The molecule has 0 aliphatic rings. The van der Waals surface area contributed by atoms with Crippen LogP contribution in [0, 0.1) is 19.3 Å². The van der Waals surface area contributed by atoms with Crippen LogP contribution < -0.4 is 5.32 Å². The summed E-state index contributed by atoms with van der Waals surface area (Å²) >= 11 is 0. The lowest BCUT2D eigenvalue weighted by Gasteiger charge is -2.23. The van der Waals surface area contributed by atoms with Crippen molar-refractivity contribution in [2.75, 3.05) is 18.4 Å². The molecule has 104 valence electrons. The van der Waals surface area contributed by atoms with Gasteiger partial charge in [-0.05, 0) is 6.92 Å². The fraction of sp³-hybridized carbons (Fsp3) is 0.455. The van der Waals surface area contributed by atoms with E-state index in [1.807, 2.05) is 0 Å². The van der Waals surface area contributed by atoms with E-state index in [1.54, 1.807) is 6.92 Å². The van der Waals surface area contributed by atoms with E-state index < -0.39 is 18.8 Å². The van der Waals surface area contributed by atoms with Crippen LogP contribution in [0.4, 0.5) is 23.7 Å². The van der Waals surface area contributed by atoms with E-state index in [0.29, 0.717) is 10.6 Å². The van der Waals surface area contributed by atoms with Crippen molar-refractivity contribution >= 4 is 11.7 Å². The zero-order chi connectivity index (χ0) is 14.5. The molecule has 1 aromatic rings. The maximum atomic E-state index is 12.3. The third-order valence-electron chi connectivity index (χ3n) is 2.17. The fourth-order valence-corrected chi connectivity index (χ4v) is 1.28. The highest BCUT2D eigenvalue weighted by Crippen LogP contribution is 2.18. The zero-order valence-corrected chi connectivity index (χ0v) is 10.1. The van der Waals surface area contributed by atoms with Gasteiger partial charge in [0, 0.05) is 13.0 Å². The summed E-state index contributed by atoms with van der Waals surface area (Å²) in [6, 6.07) is -0.904. The third kappa shape index (κ3) is 4.91. The van der Waals surface area contributed by atoms with E-state index in [1.165, 1.54) is 0 Å². The number of hydrogen-bond acceptors (Lipinski definition) is 3. The number of aromatic nitrogens is 1. The highest BCUT2D eigenvalue weighted by atomic mass is 19.4. The van der Waals surface area contributed by atoms with Crippen LogP contribution in [0.15, 0.2) is 10.8 Å². The number of nitrogens with one attached hydrogen (secondary N) is 1. The Kier molecular flexibility index (Phi) is 4.80. The number of nitrogens with zero attached hydrogens (tertiary/aromatic N) is 2. The van der Waals surface area contributed by atoms with Crippen LogP contribution in [-0.2, 0) is 0 Å². The van der Waals surface area contributed by atoms with Crippen molar-refractivity contribution < 1.29 is 22.5 Å². The molecule has 2 amide bonds. The minimum atomic E-state index is -4.49. The van der Waals surface area contributed by atoms with Crippen molar-refractivity contribution in [1.29, 1.82) is 0 Å². The maximum Gasteiger partial charge on any atom is 0.406 e. The average molecular weight is 275 g/mol. The van der Waals surface area contributed by atoms with Gasteiger partial charge < -0.3 is 14.7 Å². The molecule has 8 heteroatoms. The molecule has 0 fully saturated rings. The van der Waals surface area contributed by atoms with E-state index in [4.69, 9.17) is 6.42 Å². The summed E-state index contributed by atoms with van der Waals surface area (Å²) in [5, 5.41) is 5.79. The maximum absolute atomic E-state index is 12.3. The molecule has 1 rings (SSSR count). The Balaban J connectivity index is 2.71. The normalized spacial score (nSPS) is 10.9. The number of carbonyl (C=O) groups excluding carboxylic acids is 1. The van der Waals surface area contributed by atoms with E-state index >= 15 is 0 Å². The Morgan fingerprint density at radius 1 is 1.63 bits per heavy atom. The molecule has 0 atom stereocenters. The van der Waals surface area contributed by atoms with E-state index in [9.17, 15) is 18.0 Å². The molecular formula is C11H12F3N3O2. The number of rotatable bonds is 4. The lowest BCUT2D eigenvalue weighted by Crippen LogP contribution is -2.42. The van der Waals surface area contributed by atoms with Crippen LogP contribution >= 0.6 is 0 Å². The van der Waals surface area contributed by atoms with Crippen molar-refractivity contribution in [3.63, 3.8) is 0 Å². The van der Waals surface area contributed by atoms with Crippen molar-refractivity contribution in [2.45, 2.75) is 19.5 Å². The molecule has 0 spiro atoms. The Morgan fingerprint density at radius 2 is 2.32 bits per heavy atom. The Morgan fingerprint density at radius 3 is 2.79 bits per heavy atom. The Bertz CT molecular complexity index is 476. The number of terminal acetylenes is 1. The topological polar surface area (TPSA) is 58.4 Å². The number of hydrogen-bond donors (Lipinski definition) is 1. The number of anilines is 1. The summed E-state index contributed by atoms with van der Waals surface area (Å²) in [6.07, 6.45) is 1.67. The van der Waals surface area contributed by atoms with E-state index in [0.717, 1.165) is 6.26 Å². The van der Waals surface area contributed by atoms with Gasteiger partial charge in [-0.2, -0.15) is 13.2 Å². The fourth-order valence-electron chi connectivity index (χ4n) is 1.28. The first-order valence-corrected chi connectivity index (χ1v) is 5.30. The molecule has 0 saturated carbocycles.